The summed E-state index contributed by atoms with van der Waals surface area (Å²) in [6, 6.07) is 15.2. The van der Waals surface area contributed by atoms with E-state index >= 15 is 0 Å². The largest absolute Gasteiger partial charge is 0.366 e. The van der Waals surface area contributed by atoms with Crippen LogP contribution >= 0.6 is 11.6 Å². The Bertz CT molecular complexity index is 998. The maximum atomic E-state index is 11.6. The predicted molar refractivity (Wildman–Crippen MR) is 99.7 cm³/mol. The van der Waals surface area contributed by atoms with E-state index in [0.29, 0.717) is 22.7 Å². The van der Waals surface area contributed by atoms with Crippen molar-refractivity contribution in [3.63, 3.8) is 0 Å². The molecular formula is C20H18ClN3O. The predicted octanol–water partition coefficient (Wildman–Crippen LogP) is 4.27. The van der Waals surface area contributed by atoms with E-state index in [-0.39, 0.29) is 0 Å². The monoisotopic (exact) mass is 351 g/mol. The fourth-order valence-corrected chi connectivity index (χ4v) is 3.35. The number of nitrogens with zero attached hydrogens (tertiary/aromatic N) is 2. The van der Waals surface area contributed by atoms with Crippen LogP contribution < -0.4 is 5.73 Å². The number of hydrogen-bond donors (Lipinski definition) is 1. The Morgan fingerprint density at radius 1 is 1.28 bits per heavy atom. The average Bonchev–Trinajstić information content (AvgIpc) is 2.89. The fourth-order valence-electron chi connectivity index (χ4n) is 3.15. The highest BCUT2D eigenvalue weighted by molar-refractivity contribution is 6.31. The molecule has 1 heterocycles. The van der Waals surface area contributed by atoms with Gasteiger partial charge in [0.05, 0.1) is 11.1 Å². The van der Waals surface area contributed by atoms with Crippen molar-refractivity contribution in [1.29, 1.82) is 5.26 Å². The minimum absolute atomic E-state index is 0.429. The first-order chi connectivity index (χ1) is 12.1. The summed E-state index contributed by atoms with van der Waals surface area (Å²) in [6.45, 7) is 2.61. The number of nitrogens with two attached hydrogens (primary N) is 1. The second-order valence-corrected chi connectivity index (χ2v) is 6.36. The zero-order valence-corrected chi connectivity index (χ0v) is 14.7. The maximum Gasteiger partial charge on any atom is 0.248 e. The topological polar surface area (TPSA) is 71.8 Å². The molecule has 1 aromatic heterocycles. The van der Waals surface area contributed by atoms with Crippen molar-refractivity contribution in [2.75, 3.05) is 0 Å². The molecule has 0 aliphatic rings. The third kappa shape index (κ3) is 3.11. The zero-order chi connectivity index (χ0) is 18.0. The molecule has 3 aromatic rings. The van der Waals surface area contributed by atoms with Gasteiger partial charge in [-0.3, -0.25) is 4.79 Å². The molecule has 5 heteroatoms. The fraction of sp³-hybridized carbons (Fsp3) is 0.200. The van der Waals surface area contributed by atoms with Gasteiger partial charge in [0.2, 0.25) is 5.91 Å². The number of primary amides is 1. The van der Waals surface area contributed by atoms with Crippen LogP contribution in [0.2, 0.25) is 5.02 Å². The Kier molecular flexibility index (Phi) is 4.78. The van der Waals surface area contributed by atoms with E-state index in [4.69, 9.17) is 17.3 Å². The highest BCUT2D eigenvalue weighted by Crippen LogP contribution is 2.30. The summed E-state index contributed by atoms with van der Waals surface area (Å²) in [4.78, 5) is 11.6. The molecule has 0 saturated heterocycles. The molecule has 4 nitrogen and oxygen atoms in total. The Hall–Kier alpha value is -2.77. The minimum atomic E-state index is -0.483. The summed E-state index contributed by atoms with van der Waals surface area (Å²) in [6.07, 6.45) is 1.68. The summed E-state index contributed by atoms with van der Waals surface area (Å²) in [5.41, 5.74) is 9.27. The summed E-state index contributed by atoms with van der Waals surface area (Å²) in [5, 5.41) is 11.2. The lowest BCUT2D eigenvalue weighted by Crippen LogP contribution is -2.11. The summed E-state index contributed by atoms with van der Waals surface area (Å²) in [5.74, 6) is -0.483. The van der Waals surface area contributed by atoms with Crippen LogP contribution in [0.15, 0.2) is 42.5 Å². The third-order valence-electron chi connectivity index (χ3n) is 4.34. The Labute approximate surface area is 151 Å². The van der Waals surface area contributed by atoms with Crippen molar-refractivity contribution < 1.29 is 4.79 Å². The number of carbonyl (C=O) groups is 1. The molecule has 0 unspecified atom stereocenters. The summed E-state index contributed by atoms with van der Waals surface area (Å²) >= 11 is 6.32. The number of fused-ring (bicyclic) bond motifs is 1. The SMILES string of the molecule is CCCc1c(C#N)c2ccc(C(N)=O)cc2n1Cc1ccccc1Cl. The van der Waals surface area contributed by atoms with Gasteiger partial charge in [-0.2, -0.15) is 5.26 Å². The van der Waals surface area contributed by atoms with Crippen LogP contribution in [0.1, 0.15) is 40.5 Å². The standard InChI is InChI=1S/C20H18ClN3O/c1-2-5-18-16(11-22)15-9-8-13(20(23)25)10-19(15)24(18)12-14-6-3-4-7-17(14)21/h3-4,6-10H,2,5,12H2,1H3,(H2,23,25). The summed E-state index contributed by atoms with van der Waals surface area (Å²) in [7, 11) is 0. The van der Waals surface area contributed by atoms with Gasteiger partial charge in [-0.1, -0.05) is 49.2 Å². The first-order valence-corrected chi connectivity index (χ1v) is 8.53. The molecule has 0 saturated carbocycles. The highest BCUT2D eigenvalue weighted by Gasteiger charge is 2.18. The zero-order valence-electron chi connectivity index (χ0n) is 13.9. The van der Waals surface area contributed by atoms with Crippen molar-refractivity contribution in [3.05, 3.63) is 69.9 Å². The van der Waals surface area contributed by atoms with Crippen LogP contribution in [0.3, 0.4) is 0 Å². The van der Waals surface area contributed by atoms with E-state index in [1.807, 2.05) is 24.3 Å². The van der Waals surface area contributed by atoms with Gasteiger partial charge >= 0.3 is 0 Å². The van der Waals surface area contributed by atoms with E-state index in [0.717, 1.165) is 35.0 Å². The van der Waals surface area contributed by atoms with Crippen molar-refractivity contribution in [1.82, 2.24) is 4.57 Å². The Balaban J connectivity index is 2.28. The average molecular weight is 352 g/mol. The molecule has 0 aliphatic heterocycles. The number of aromatic nitrogens is 1. The van der Waals surface area contributed by atoms with Crippen LogP contribution in [0, 0.1) is 11.3 Å². The van der Waals surface area contributed by atoms with Gasteiger partial charge in [-0.25, -0.2) is 0 Å². The van der Waals surface area contributed by atoms with Crippen molar-refractivity contribution in [3.8, 4) is 6.07 Å². The molecule has 0 atom stereocenters. The lowest BCUT2D eigenvalue weighted by Gasteiger charge is -2.12. The molecule has 0 fully saturated rings. The van der Waals surface area contributed by atoms with Crippen molar-refractivity contribution in [2.45, 2.75) is 26.3 Å². The van der Waals surface area contributed by atoms with Gasteiger partial charge in [0.15, 0.2) is 0 Å². The normalized spacial score (nSPS) is 10.8. The number of benzene rings is 2. The number of rotatable bonds is 5. The molecule has 25 heavy (non-hydrogen) atoms. The van der Waals surface area contributed by atoms with E-state index in [2.05, 4.69) is 17.6 Å². The number of amides is 1. The van der Waals surface area contributed by atoms with Crippen LogP contribution in [0.4, 0.5) is 0 Å². The molecule has 0 radical (unpaired) electrons. The number of nitriles is 1. The Morgan fingerprint density at radius 2 is 2.04 bits per heavy atom. The second kappa shape index (κ2) is 7.00. The van der Waals surface area contributed by atoms with Crippen molar-refractivity contribution >= 4 is 28.4 Å². The molecule has 0 spiro atoms. The number of halogens is 1. The van der Waals surface area contributed by atoms with E-state index in [1.165, 1.54) is 0 Å². The molecular weight excluding hydrogens is 334 g/mol. The first-order valence-electron chi connectivity index (χ1n) is 8.15. The molecule has 126 valence electrons. The van der Waals surface area contributed by atoms with E-state index in [1.54, 1.807) is 18.2 Å². The quantitative estimate of drug-likeness (QED) is 0.745. The Morgan fingerprint density at radius 3 is 2.68 bits per heavy atom. The lowest BCUT2D eigenvalue weighted by atomic mass is 10.1. The molecule has 1 amide bonds. The smallest absolute Gasteiger partial charge is 0.248 e. The summed E-state index contributed by atoms with van der Waals surface area (Å²) < 4.78 is 2.07. The molecule has 3 rings (SSSR count). The van der Waals surface area contributed by atoms with E-state index in [9.17, 15) is 10.1 Å². The number of hydrogen-bond acceptors (Lipinski definition) is 2. The molecule has 0 aliphatic carbocycles. The maximum absolute atomic E-state index is 11.6. The van der Waals surface area contributed by atoms with Gasteiger partial charge in [0.25, 0.3) is 0 Å². The van der Waals surface area contributed by atoms with Crippen LogP contribution in [0.25, 0.3) is 10.9 Å². The van der Waals surface area contributed by atoms with Crippen LogP contribution in [-0.4, -0.2) is 10.5 Å². The highest BCUT2D eigenvalue weighted by atomic mass is 35.5. The second-order valence-electron chi connectivity index (χ2n) is 5.96. The molecule has 0 bridgehead atoms. The lowest BCUT2D eigenvalue weighted by molar-refractivity contribution is 0.100. The van der Waals surface area contributed by atoms with Gasteiger partial charge in [-0.05, 0) is 30.2 Å². The molecule has 2 N–H and O–H groups in total. The van der Waals surface area contributed by atoms with Gasteiger partial charge in [0.1, 0.15) is 6.07 Å². The molecule has 2 aromatic carbocycles. The minimum Gasteiger partial charge on any atom is -0.366 e. The number of carbonyl (C=O) groups excluding carboxylic acids is 1. The first kappa shape index (κ1) is 17.1. The van der Waals surface area contributed by atoms with E-state index < -0.39 is 5.91 Å². The van der Waals surface area contributed by atoms with Crippen molar-refractivity contribution in [2.24, 2.45) is 5.73 Å². The van der Waals surface area contributed by atoms with Gasteiger partial charge < -0.3 is 10.3 Å². The van der Waals surface area contributed by atoms with Gasteiger partial charge in [-0.15, -0.1) is 0 Å². The van der Waals surface area contributed by atoms with Crippen LogP contribution in [-0.2, 0) is 13.0 Å². The van der Waals surface area contributed by atoms with Gasteiger partial charge in [0, 0.05) is 28.2 Å². The van der Waals surface area contributed by atoms with Crippen LogP contribution in [0.5, 0.6) is 0 Å². The third-order valence-corrected chi connectivity index (χ3v) is 4.71.